The predicted molar refractivity (Wildman–Crippen MR) is 113 cm³/mol. The van der Waals surface area contributed by atoms with Gasteiger partial charge in [0.25, 0.3) is 0 Å². The van der Waals surface area contributed by atoms with Crippen molar-refractivity contribution in [3.05, 3.63) is 29.3 Å². The number of hydrogen-bond acceptors (Lipinski definition) is 3. The fourth-order valence-electron chi connectivity index (χ4n) is 6.70. The minimum Gasteiger partial charge on any atom is -0.399 e. The third kappa shape index (κ3) is 2.60. The van der Waals surface area contributed by atoms with Crippen LogP contribution in [-0.2, 0) is 15.7 Å². The number of aryl methyl sites for hydroxylation is 1. The Hall–Kier alpha value is -0.835. The lowest BCUT2D eigenvalue weighted by Crippen LogP contribution is -2.44. The van der Waals surface area contributed by atoms with Gasteiger partial charge in [-0.3, -0.25) is 0 Å². The van der Waals surface area contributed by atoms with Crippen molar-refractivity contribution in [2.24, 2.45) is 17.3 Å². The highest BCUT2D eigenvalue weighted by Gasteiger charge is 2.55. The fraction of sp³-hybridized carbons (Fsp3) is 0.750. The molecule has 1 aromatic carbocycles. The average molecular weight is 382 g/mol. The van der Waals surface area contributed by atoms with Gasteiger partial charge in [0.15, 0.2) is 0 Å². The number of aliphatic hydroxyl groups excluding tert-OH is 1. The highest BCUT2D eigenvalue weighted by atomic mass is 16.7. The van der Waals surface area contributed by atoms with E-state index >= 15 is 0 Å². The first kappa shape index (κ1) is 19.1. The third-order valence-electron chi connectivity index (χ3n) is 9.23. The van der Waals surface area contributed by atoms with E-state index in [1.54, 1.807) is 5.56 Å². The molecule has 0 spiro atoms. The van der Waals surface area contributed by atoms with Crippen molar-refractivity contribution in [1.29, 1.82) is 0 Å². The van der Waals surface area contributed by atoms with Gasteiger partial charge >= 0.3 is 7.12 Å². The van der Waals surface area contributed by atoms with E-state index in [9.17, 15) is 5.11 Å². The molecule has 28 heavy (non-hydrogen) atoms. The Labute approximate surface area is 170 Å². The molecule has 1 N–H and O–H groups in total. The first-order chi connectivity index (χ1) is 13.1. The number of hydrogen-bond donors (Lipinski definition) is 1. The van der Waals surface area contributed by atoms with Crippen molar-refractivity contribution in [1.82, 2.24) is 0 Å². The molecule has 1 heterocycles. The normalized spacial score (nSPS) is 40.7. The quantitative estimate of drug-likeness (QED) is 0.740. The summed E-state index contributed by atoms with van der Waals surface area (Å²) in [5.74, 6) is 2.10. The summed E-state index contributed by atoms with van der Waals surface area (Å²) in [7, 11) is -0.271. The summed E-state index contributed by atoms with van der Waals surface area (Å²) in [6.07, 6.45) is 6.91. The van der Waals surface area contributed by atoms with Gasteiger partial charge in [0.05, 0.1) is 17.3 Å². The summed E-state index contributed by atoms with van der Waals surface area (Å²) in [6, 6.07) is 6.95. The summed E-state index contributed by atoms with van der Waals surface area (Å²) in [6.45, 7) is 10.8. The van der Waals surface area contributed by atoms with Crippen molar-refractivity contribution in [3.63, 3.8) is 0 Å². The summed E-state index contributed by atoms with van der Waals surface area (Å²) in [5, 5.41) is 10.6. The van der Waals surface area contributed by atoms with Crippen LogP contribution in [0.1, 0.15) is 83.8 Å². The number of benzene rings is 1. The Kier molecular flexibility index (Phi) is 4.16. The number of aliphatic hydroxyl groups is 1. The summed E-state index contributed by atoms with van der Waals surface area (Å²) in [4.78, 5) is 0. The van der Waals surface area contributed by atoms with Crippen LogP contribution < -0.4 is 5.46 Å². The van der Waals surface area contributed by atoms with Crippen LogP contribution in [-0.4, -0.2) is 29.5 Å². The lowest BCUT2D eigenvalue weighted by Gasteiger charge is -2.50. The van der Waals surface area contributed by atoms with Gasteiger partial charge in [-0.1, -0.05) is 25.1 Å². The predicted octanol–water partition coefficient (Wildman–Crippen LogP) is 4.20. The van der Waals surface area contributed by atoms with E-state index in [1.807, 2.05) is 0 Å². The van der Waals surface area contributed by atoms with Crippen LogP contribution in [0.3, 0.4) is 0 Å². The van der Waals surface area contributed by atoms with Gasteiger partial charge in [0.2, 0.25) is 0 Å². The molecule has 1 aliphatic heterocycles. The monoisotopic (exact) mass is 382 g/mol. The molecule has 2 saturated carbocycles. The molecule has 4 heteroatoms. The van der Waals surface area contributed by atoms with Crippen molar-refractivity contribution < 1.29 is 14.4 Å². The maximum Gasteiger partial charge on any atom is 0.494 e. The summed E-state index contributed by atoms with van der Waals surface area (Å²) < 4.78 is 12.6. The van der Waals surface area contributed by atoms with Crippen molar-refractivity contribution >= 4 is 12.6 Å². The fourth-order valence-corrected chi connectivity index (χ4v) is 6.70. The van der Waals surface area contributed by atoms with E-state index in [4.69, 9.17) is 9.31 Å². The van der Waals surface area contributed by atoms with Crippen LogP contribution in [0.4, 0.5) is 0 Å². The Morgan fingerprint density at radius 2 is 1.68 bits per heavy atom. The van der Waals surface area contributed by atoms with Gasteiger partial charge in [0, 0.05) is 0 Å². The molecular weight excluding hydrogens is 347 g/mol. The maximum absolute atomic E-state index is 10.6. The largest absolute Gasteiger partial charge is 0.494 e. The van der Waals surface area contributed by atoms with Crippen LogP contribution in [0.2, 0.25) is 0 Å². The van der Waals surface area contributed by atoms with E-state index in [0.29, 0.717) is 11.8 Å². The molecular formula is C24H35BO3. The van der Waals surface area contributed by atoms with Crippen LogP contribution in [0.5, 0.6) is 0 Å². The van der Waals surface area contributed by atoms with Gasteiger partial charge in [-0.2, -0.15) is 0 Å². The van der Waals surface area contributed by atoms with E-state index in [0.717, 1.165) is 24.2 Å². The lowest BCUT2D eigenvalue weighted by molar-refractivity contribution is -0.0226. The van der Waals surface area contributed by atoms with E-state index in [-0.39, 0.29) is 29.8 Å². The first-order valence-corrected chi connectivity index (χ1v) is 11.3. The summed E-state index contributed by atoms with van der Waals surface area (Å²) >= 11 is 0. The average Bonchev–Trinajstić information content (AvgIpc) is 3.06. The molecule has 3 nitrogen and oxygen atoms in total. The van der Waals surface area contributed by atoms with Crippen molar-refractivity contribution in [2.75, 3.05) is 0 Å². The van der Waals surface area contributed by atoms with E-state index in [2.05, 4.69) is 52.8 Å². The molecule has 3 fully saturated rings. The minimum absolute atomic E-state index is 0.0920. The second-order valence-corrected chi connectivity index (χ2v) is 11.1. The van der Waals surface area contributed by atoms with Crippen LogP contribution in [0, 0.1) is 17.3 Å². The molecule has 0 bridgehead atoms. The zero-order valence-electron chi connectivity index (χ0n) is 18.1. The summed E-state index contributed by atoms with van der Waals surface area (Å²) in [5.41, 5.74) is 3.77. The molecule has 3 unspecified atom stereocenters. The molecule has 0 amide bonds. The standard InChI is InChI=1S/C24H35BO3/c1-22(2)23(3,4)28-25(27-22)16-7-9-17-15(14-16)6-8-19-18(17)12-13-24(5)20(19)10-11-21(24)26/h7,9,14,18-21,26H,6,8,10-13H2,1-5H3/t18-,19?,20+,21?,24?/m1/s1. The molecule has 4 aliphatic rings. The highest BCUT2D eigenvalue weighted by Crippen LogP contribution is 2.60. The zero-order valence-corrected chi connectivity index (χ0v) is 18.1. The molecule has 1 saturated heterocycles. The molecule has 5 atom stereocenters. The minimum atomic E-state index is -0.296. The Balaban J connectivity index is 1.42. The zero-order chi connectivity index (χ0) is 19.9. The molecule has 5 rings (SSSR count). The first-order valence-electron chi connectivity index (χ1n) is 11.3. The smallest absolute Gasteiger partial charge is 0.399 e. The van der Waals surface area contributed by atoms with Gasteiger partial charge in [-0.15, -0.1) is 0 Å². The molecule has 152 valence electrons. The topological polar surface area (TPSA) is 38.7 Å². The molecule has 3 aliphatic carbocycles. The van der Waals surface area contributed by atoms with Gasteiger partial charge in [-0.05, 0) is 106 Å². The van der Waals surface area contributed by atoms with E-state index in [1.165, 1.54) is 31.2 Å². The number of rotatable bonds is 1. The van der Waals surface area contributed by atoms with Gasteiger partial charge in [-0.25, -0.2) is 0 Å². The van der Waals surface area contributed by atoms with Gasteiger partial charge < -0.3 is 14.4 Å². The molecule has 1 aromatic rings. The van der Waals surface area contributed by atoms with Crippen molar-refractivity contribution in [2.45, 2.75) is 96.4 Å². The highest BCUT2D eigenvalue weighted by molar-refractivity contribution is 6.62. The lowest BCUT2D eigenvalue weighted by atomic mass is 9.55. The number of fused-ring (bicyclic) bond motifs is 5. The Morgan fingerprint density at radius 3 is 2.39 bits per heavy atom. The molecule has 0 aromatic heterocycles. The van der Waals surface area contributed by atoms with E-state index < -0.39 is 0 Å². The second kappa shape index (κ2) is 6.09. The third-order valence-corrected chi connectivity index (χ3v) is 9.23. The SMILES string of the molecule is CC12CC[C@@H]3c4ccc(B5OC(C)(C)C(C)(C)O5)cc4CCC3[C@@H]1CCC2O. The van der Waals surface area contributed by atoms with Crippen LogP contribution in [0.15, 0.2) is 18.2 Å². The molecule has 0 radical (unpaired) electrons. The Morgan fingerprint density at radius 1 is 0.964 bits per heavy atom. The maximum atomic E-state index is 10.6. The van der Waals surface area contributed by atoms with Gasteiger partial charge in [0.1, 0.15) is 0 Å². The Bertz CT molecular complexity index is 772. The van der Waals surface area contributed by atoms with Crippen molar-refractivity contribution in [3.8, 4) is 0 Å². The van der Waals surface area contributed by atoms with Crippen LogP contribution >= 0.6 is 0 Å². The second-order valence-electron chi connectivity index (χ2n) is 11.1. The van der Waals surface area contributed by atoms with Crippen LogP contribution in [0.25, 0.3) is 0 Å².